The van der Waals surface area contributed by atoms with E-state index in [9.17, 15) is 4.79 Å². The Hall–Kier alpha value is -1.58. The Morgan fingerprint density at radius 2 is 1.46 bits per heavy atom. The molecule has 2 fully saturated rings. The van der Waals surface area contributed by atoms with E-state index in [0.29, 0.717) is 6.61 Å². The molecule has 0 N–H and O–H groups in total. The van der Waals surface area contributed by atoms with Crippen molar-refractivity contribution in [3.8, 4) is 0 Å². The summed E-state index contributed by atoms with van der Waals surface area (Å²) in [6.07, 6.45) is 3.70. The average molecular weight is 567 g/mol. The number of carbonyl (C=O) groups is 1. The molecule has 2 bridgehead atoms. The molecule has 0 radical (unpaired) electrons. The van der Waals surface area contributed by atoms with Gasteiger partial charge >= 0.3 is 0 Å². The molecule has 5 atom stereocenters. The zero-order valence-corrected chi connectivity index (χ0v) is 27.6. The first-order chi connectivity index (χ1) is 18.2. The first-order valence-electron chi connectivity index (χ1n) is 14.7. The van der Waals surface area contributed by atoms with Gasteiger partial charge in [-0.2, -0.15) is 0 Å². The van der Waals surface area contributed by atoms with Crippen molar-refractivity contribution in [2.75, 3.05) is 6.61 Å². The maximum Gasteiger partial charge on any atom is 0.261 e. The Bertz CT molecular complexity index is 1070. The molecule has 2 aliphatic rings. The maximum absolute atomic E-state index is 12.5. The van der Waals surface area contributed by atoms with Gasteiger partial charge < -0.3 is 18.4 Å². The van der Waals surface area contributed by atoms with Gasteiger partial charge in [-0.25, -0.2) is 0 Å². The topological polar surface area (TPSA) is 44.8 Å². The van der Waals surface area contributed by atoms with Gasteiger partial charge in [-0.3, -0.25) is 0 Å². The van der Waals surface area contributed by atoms with Gasteiger partial charge in [-0.1, -0.05) is 102 Å². The van der Waals surface area contributed by atoms with Gasteiger partial charge in [0.1, 0.15) is 6.29 Å². The van der Waals surface area contributed by atoms with Crippen LogP contribution in [0.1, 0.15) is 67.7 Å². The first-order valence-corrected chi connectivity index (χ1v) is 19.5. The van der Waals surface area contributed by atoms with Crippen molar-refractivity contribution in [3.05, 3.63) is 60.7 Å². The van der Waals surface area contributed by atoms with Crippen LogP contribution in [0, 0.1) is 11.8 Å². The van der Waals surface area contributed by atoms with Crippen molar-refractivity contribution in [1.29, 1.82) is 0 Å². The highest BCUT2D eigenvalue weighted by Crippen LogP contribution is 2.52. The summed E-state index contributed by atoms with van der Waals surface area (Å²) in [5, 5.41) is 2.60. The minimum absolute atomic E-state index is 0.0294. The fraction of sp³-hybridized carbons (Fsp3) is 0.606. The summed E-state index contributed by atoms with van der Waals surface area (Å²) in [6, 6.07) is 21.6. The Morgan fingerprint density at radius 3 is 1.92 bits per heavy atom. The van der Waals surface area contributed by atoms with Crippen molar-refractivity contribution in [2.45, 2.75) is 109 Å². The Balaban J connectivity index is 1.64. The van der Waals surface area contributed by atoms with Crippen LogP contribution in [-0.2, 0) is 18.4 Å². The Morgan fingerprint density at radius 1 is 0.923 bits per heavy atom. The fourth-order valence-corrected chi connectivity index (χ4v) is 12.6. The number of hydrogen-bond donors (Lipinski definition) is 0. The third-order valence-corrected chi connectivity index (χ3v) is 19.4. The number of hydrogen-bond acceptors (Lipinski definition) is 4. The van der Waals surface area contributed by atoms with E-state index in [2.05, 4.69) is 122 Å². The highest BCUT2D eigenvalue weighted by atomic mass is 28.4. The van der Waals surface area contributed by atoms with Gasteiger partial charge in [0, 0.05) is 18.4 Å². The number of ether oxygens (including phenoxy) is 1. The minimum atomic E-state index is -2.64. The van der Waals surface area contributed by atoms with Gasteiger partial charge in [-0.15, -0.1) is 0 Å². The molecule has 2 saturated heterocycles. The van der Waals surface area contributed by atoms with Crippen LogP contribution in [-0.4, -0.2) is 47.3 Å². The van der Waals surface area contributed by atoms with Crippen LogP contribution in [0.3, 0.4) is 0 Å². The van der Waals surface area contributed by atoms with E-state index in [4.69, 9.17) is 13.6 Å². The second-order valence-electron chi connectivity index (χ2n) is 14.5. The zero-order chi connectivity index (χ0) is 28.7. The van der Waals surface area contributed by atoms with Gasteiger partial charge in [0.2, 0.25) is 0 Å². The molecule has 0 saturated carbocycles. The molecule has 6 heteroatoms. The summed E-state index contributed by atoms with van der Waals surface area (Å²) in [6.45, 7) is 21.1. The van der Waals surface area contributed by atoms with Gasteiger partial charge in [-0.05, 0) is 59.7 Å². The predicted molar refractivity (Wildman–Crippen MR) is 166 cm³/mol. The molecule has 0 amide bonds. The van der Waals surface area contributed by atoms with Crippen LogP contribution in [0.2, 0.25) is 23.2 Å². The molecule has 2 aliphatic heterocycles. The van der Waals surface area contributed by atoms with Crippen molar-refractivity contribution in [2.24, 2.45) is 11.8 Å². The van der Waals surface area contributed by atoms with Crippen molar-refractivity contribution in [3.63, 3.8) is 0 Å². The molecule has 4 rings (SSSR count). The molecule has 0 spiro atoms. The van der Waals surface area contributed by atoms with E-state index < -0.39 is 22.2 Å². The van der Waals surface area contributed by atoms with Crippen LogP contribution in [0.5, 0.6) is 0 Å². The van der Waals surface area contributed by atoms with Crippen molar-refractivity contribution in [1.82, 2.24) is 0 Å². The molecule has 0 aromatic heterocycles. The molecule has 2 aromatic rings. The summed E-state index contributed by atoms with van der Waals surface area (Å²) < 4.78 is 20.9. The molecule has 214 valence electrons. The van der Waals surface area contributed by atoms with Crippen molar-refractivity contribution >= 4 is 33.3 Å². The second-order valence-corrected chi connectivity index (χ2v) is 23.5. The third-order valence-electron chi connectivity index (χ3n) is 9.87. The number of carbonyl (C=O) groups excluding carboxylic acids is 1. The quantitative estimate of drug-likeness (QED) is 0.249. The summed E-state index contributed by atoms with van der Waals surface area (Å²) in [5.41, 5.74) is -0.415. The minimum Gasteiger partial charge on any atom is -0.411 e. The number of rotatable bonds is 9. The Labute approximate surface area is 239 Å². The van der Waals surface area contributed by atoms with Gasteiger partial charge in [0.25, 0.3) is 8.32 Å². The van der Waals surface area contributed by atoms with E-state index >= 15 is 0 Å². The summed E-state index contributed by atoms with van der Waals surface area (Å²) in [4.78, 5) is 12.5. The molecule has 2 aromatic carbocycles. The van der Waals surface area contributed by atoms with Gasteiger partial charge in [0.15, 0.2) is 8.32 Å². The van der Waals surface area contributed by atoms with E-state index in [1.165, 1.54) is 10.4 Å². The van der Waals surface area contributed by atoms with Gasteiger partial charge in [0.05, 0.1) is 17.8 Å². The van der Waals surface area contributed by atoms with E-state index in [1.54, 1.807) is 0 Å². The standard InChI is InChI=1S/C33H50O4Si2/c1-31(2,3)38(8,9)37-29-20-22-33(7)28(24-34)27(30(29)36-33)21-23-35-39(32(4,5)6,25-16-12-10-13-17-25)26-18-14-11-15-19-26/h10-19,24,27-30H,20-23H2,1-9H3/t27-,28-,29+,30-,33-/m0/s1. The number of benzene rings is 2. The molecule has 2 heterocycles. The monoisotopic (exact) mass is 566 g/mol. The van der Waals surface area contributed by atoms with E-state index in [1.807, 2.05) is 0 Å². The van der Waals surface area contributed by atoms with E-state index in [-0.39, 0.29) is 34.1 Å². The SMILES string of the molecule is CC(C)(C)[Si](C)(C)O[C@@H]1CC[C@]2(C)O[C@H]1[C@@H](CCO[Si](c1ccccc1)(c1ccccc1)C(C)(C)C)[C@@H]2C=O. The average Bonchev–Trinajstić information content (AvgIpc) is 3.09. The summed E-state index contributed by atoms with van der Waals surface area (Å²) in [7, 11) is -4.62. The maximum atomic E-state index is 12.5. The second kappa shape index (κ2) is 11.0. The zero-order valence-electron chi connectivity index (χ0n) is 25.6. The van der Waals surface area contributed by atoms with Crippen LogP contribution in [0.15, 0.2) is 60.7 Å². The van der Waals surface area contributed by atoms with Crippen molar-refractivity contribution < 1.29 is 18.4 Å². The largest absolute Gasteiger partial charge is 0.411 e. The molecular weight excluding hydrogens is 517 g/mol. The predicted octanol–water partition coefficient (Wildman–Crippen LogP) is 6.73. The Kier molecular flexibility index (Phi) is 8.58. The van der Waals surface area contributed by atoms with Crippen LogP contribution >= 0.6 is 0 Å². The highest BCUT2D eigenvalue weighted by molar-refractivity contribution is 6.99. The molecule has 0 unspecified atom stereocenters. The summed E-state index contributed by atoms with van der Waals surface area (Å²) >= 11 is 0. The molecule has 0 aliphatic carbocycles. The highest BCUT2D eigenvalue weighted by Gasteiger charge is 2.59. The normalized spacial score (nSPS) is 27.9. The lowest BCUT2D eigenvalue weighted by Gasteiger charge is -2.44. The van der Waals surface area contributed by atoms with Crippen LogP contribution < -0.4 is 10.4 Å². The summed E-state index contributed by atoms with van der Waals surface area (Å²) in [5.74, 6) is -0.0544. The van der Waals surface area contributed by atoms with Crippen LogP contribution in [0.4, 0.5) is 0 Å². The smallest absolute Gasteiger partial charge is 0.261 e. The van der Waals surface area contributed by atoms with E-state index in [0.717, 1.165) is 25.5 Å². The first kappa shape index (κ1) is 30.4. The molecule has 39 heavy (non-hydrogen) atoms. The number of aldehydes is 1. The fourth-order valence-electron chi connectivity index (χ4n) is 6.68. The lowest BCUT2D eigenvalue weighted by molar-refractivity contribution is -0.136. The third kappa shape index (κ3) is 5.65. The number of fused-ring (bicyclic) bond motifs is 2. The molecule has 4 nitrogen and oxygen atoms in total. The molecular formula is C33H50O4Si2. The lowest BCUT2D eigenvalue weighted by Crippen LogP contribution is -2.66. The lowest BCUT2D eigenvalue weighted by atomic mass is 9.80. The van der Waals surface area contributed by atoms with Crippen LogP contribution in [0.25, 0.3) is 0 Å².